The lowest BCUT2D eigenvalue weighted by atomic mass is 10.0. The van der Waals surface area contributed by atoms with Crippen LogP contribution in [0.5, 0.6) is 0 Å². The van der Waals surface area contributed by atoms with Crippen LogP contribution in [-0.2, 0) is 25.6 Å². The van der Waals surface area contributed by atoms with Crippen molar-refractivity contribution in [2.45, 2.75) is 63.8 Å². The number of hydrogen-bond acceptors (Lipinski definition) is 7. The maximum Gasteiger partial charge on any atom is 0.407 e. The third kappa shape index (κ3) is 7.84. The second-order valence-corrected chi connectivity index (χ2v) is 13.7. The summed E-state index contributed by atoms with van der Waals surface area (Å²) in [6, 6.07) is 23.6. The predicted molar refractivity (Wildman–Crippen MR) is 206 cm³/mol. The smallest absolute Gasteiger partial charge is 0.407 e. The lowest BCUT2D eigenvalue weighted by Gasteiger charge is -2.30. The summed E-state index contributed by atoms with van der Waals surface area (Å²) in [5, 5.41) is 5.69. The van der Waals surface area contributed by atoms with Gasteiger partial charge >= 0.3 is 6.09 Å². The number of imidazole rings is 1. The number of nitrogens with one attached hydrogen (secondary N) is 4. The molecule has 2 aromatic carbocycles. The number of H-pyrrole nitrogens is 2. The number of hydrogen-bond donors (Lipinski definition) is 4. The van der Waals surface area contributed by atoms with E-state index in [2.05, 4.69) is 91.2 Å². The molecule has 0 radical (unpaired) electrons. The first-order valence-corrected chi connectivity index (χ1v) is 18.4. The summed E-state index contributed by atoms with van der Waals surface area (Å²) >= 11 is 0. The van der Waals surface area contributed by atoms with Crippen molar-refractivity contribution in [3.63, 3.8) is 0 Å². The van der Waals surface area contributed by atoms with Gasteiger partial charge in [0, 0.05) is 49.6 Å². The van der Waals surface area contributed by atoms with E-state index in [0.717, 1.165) is 88.1 Å². The Bertz CT molecular complexity index is 2120. The molecule has 0 bridgehead atoms. The zero-order valence-corrected chi connectivity index (χ0v) is 30.7. The average molecular weight is 728 g/mol. The fourth-order valence-corrected chi connectivity index (χ4v) is 7.36. The van der Waals surface area contributed by atoms with Gasteiger partial charge in [0.2, 0.25) is 11.8 Å². The van der Waals surface area contributed by atoms with E-state index in [9.17, 15) is 14.4 Å². The molecule has 12 nitrogen and oxygen atoms in total. The van der Waals surface area contributed by atoms with Crippen LogP contribution in [0.25, 0.3) is 39.2 Å². The van der Waals surface area contributed by atoms with E-state index >= 15 is 0 Å². The van der Waals surface area contributed by atoms with Gasteiger partial charge in [-0.25, -0.2) is 9.78 Å². The second kappa shape index (κ2) is 16.3. The molecule has 1 fully saturated rings. The lowest BCUT2D eigenvalue weighted by molar-refractivity contribution is -0.137. The van der Waals surface area contributed by atoms with Crippen molar-refractivity contribution in [1.82, 2.24) is 35.5 Å². The number of rotatable bonds is 12. The highest BCUT2D eigenvalue weighted by atomic mass is 16.5. The summed E-state index contributed by atoms with van der Waals surface area (Å²) in [5.41, 5.74) is 9.97. The van der Waals surface area contributed by atoms with Gasteiger partial charge in [-0.3, -0.25) is 14.6 Å². The molecule has 3 atom stereocenters. The minimum atomic E-state index is -0.884. The third-order valence-corrected chi connectivity index (χ3v) is 10.4. The van der Waals surface area contributed by atoms with Crippen molar-refractivity contribution in [3.05, 3.63) is 114 Å². The van der Waals surface area contributed by atoms with Crippen LogP contribution in [0.4, 0.5) is 4.79 Å². The zero-order valence-electron chi connectivity index (χ0n) is 30.7. The van der Waals surface area contributed by atoms with Crippen LogP contribution >= 0.6 is 0 Å². The first-order chi connectivity index (χ1) is 26.3. The molecule has 3 amide bonds. The first-order valence-electron chi connectivity index (χ1n) is 18.4. The normalized spacial score (nSPS) is 16.6. The number of carbonyl (C=O) groups is 3. The molecule has 1 aliphatic heterocycles. The summed E-state index contributed by atoms with van der Waals surface area (Å²) in [6.45, 7) is 2.75. The number of pyridine rings is 1. The van der Waals surface area contributed by atoms with E-state index in [0.29, 0.717) is 18.9 Å². The summed E-state index contributed by atoms with van der Waals surface area (Å²) in [6.07, 6.45) is 8.24. The number of ether oxygens (including phenoxy) is 2. The number of methoxy groups -OCH3 is 2. The first kappa shape index (κ1) is 36.4. The van der Waals surface area contributed by atoms with Gasteiger partial charge in [-0.15, -0.1) is 0 Å². The van der Waals surface area contributed by atoms with Crippen LogP contribution in [0, 0.1) is 0 Å². The lowest BCUT2D eigenvalue weighted by Crippen LogP contribution is -2.54. The molecule has 7 rings (SSSR count). The Kier molecular flexibility index (Phi) is 11.0. The molecule has 2 aliphatic rings. The average Bonchev–Trinajstić information content (AvgIpc) is 4.06. The quantitative estimate of drug-likeness (QED) is 0.110. The van der Waals surface area contributed by atoms with Gasteiger partial charge < -0.3 is 35.0 Å². The minimum Gasteiger partial charge on any atom is -0.453 e. The Balaban J connectivity index is 1.000. The Morgan fingerprint density at radius 2 is 1.56 bits per heavy atom. The van der Waals surface area contributed by atoms with E-state index in [1.165, 1.54) is 14.2 Å². The van der Waals surface area contributed by atoms with E-state index in [1.807, 2.05) is 12.1 Å². The van der Waals surface area contributed by atoms with Crippen molar-refractivity contribution < 1.29 is 23.9 Å². The van der Waals surface area contributed by atoms with Gasteiger partial charge in [0.25, 0.3) is 0 Å². The molecular formula is C42H45N7O5. The number of likely N-dealkylation sites (tertiary alicyclic amines) is 1. The van der Waals surface area contributed by atoms with Gasteiger partial charge in [0.1, 0.15) is 11.9 Å². The van der Waals surface area contributed by atoms with Gasteiger partial charge in [0.15, 0.2) is 0 Å². The Morgan fingerprint density at radius 1 is 0.852 bits per heavy atom. The zero-order chi connectivity index (χ0) is 37.6. The summed E-state index contributed by atoms with van der Waals surface area (Å²) in [4.78, 5) is 56.2. The number of carbonyl (C=O) groups excluding carboxylic acids is 3. The van der Waals surface area contributed by atoms with Gasteiger partial charge in [-0.2, -0.15) is 0 Å². The van der Waals surface area contributed by atoms with Crippen LogP contribution in [-0.4, -0.2) is 75.7 Å². The number of benzene rings is 2. The van der Waals surface area contributed by atoms with Crippen LogP contribution < -0.4 is 10.6 Å². The fourth-order valence-electron chi connectivity index (χ4n) is 7.36. The monoisotopic (exact) mass is 727 g/mol. The molecule has 3 aromatic heterocycles. The van der Waals surface area contributed by atoms with Crippen molar-refractivity contribution in [1.29, 1.82) is 0 Å². The van der Waals surface area contributed by atoms with Gasteiger partial charge in [0.05, 0.1) is 31.1 Å². The van der Waals surface area contributed by atoms with Crippen LogP contribution in [0.1, 0.15) is 62.2 Å². The minimum absolute atomic E-state index is 0.0178. The summed E-state index contributed by atoms with van der Waals surface area (Å²) < 4.78 is 10.1. The third-order valence-electron chi connectivity index (χ3n) is 10.4. The molecular weight excluding hydrogens is 683 g/mol. The van der Waals surface area contributed by atoms with E-state index in [1.54, 1.807) is 30.4 Å². The van der Waals surface area contributed by atoms with Crippen LogP contribution in [0.3, 0.4) is 0 Å². The number of nitrogens with zero attached hydrogens (tertiary/aromatic N) is 3. The van der Waals surface area contributed by atoms with Crippen molar-refractivity contribution in [3.8, 4) is 33.6 Å². The second-order valence-electron chi connectivity index (χ2n) is 13.7. The standard InChI is InChI=1S/C42H45N7O5/c1-26(53-2)38(48-42(52)54-3)41(51)49-22-6-10-37(49)39-44-25-36(47-39)31-17-13-29(14-18-31)28-11-15-30(16-12-28)34-19-20-35(46-34)32-8-4-9-33(32)40(50)45-24-27-7-5-21-43-23-27/h5,7,11-21,23,25-26,37-38,46H,4,6,8-10,22,24H2,1-3H3,(H,44,47)(H,45,50)(H,48,52)/t26-,37+,38+/m1/s1. The van der Waals surface area contributed by atoms with E-state index in [-0.39, 0.29) is 17.9 Å². The Morgan fingerprint density at radius 3 is 2.24 bits per heavy atom. The number of alkyl carbamates (subject to hydrolysis) is 1. The SMILES string of the molecule is COC(=O)N[C@H](C(=O)N1CCC[C@H]1c1ncc(-c2ccc(-c3ccc(-c4ccc(C5=C(C(=O)NCc6cccnc6)CCC5)[nH]4)cc3)cc2)[nH]1)[C@@H](C)OC. The number of aromatic amines is 2. The van der Waals surface area contributed by atoms with E-state index < -0.39 is 18.2 Å². The molecule has 0 spiro atoms. The molecule has 12 heteroatoms. The maximum absolute atomic E-state index is 13.6. The molecule has 0 saturated carbocycles. The maximum atomic E-state index is 13.6. The molecule has 0 unspecified atom stereocenters. The Labute approximate surface area is 314 Å². The van der Waals surface area contributed by atoms with Gasteiger partial charge in [-0.05, 0) is 90.6 Å². The number of allylic oxidation sites excluding steroid dienone is 1. The Hall–Kier alpha value is -6.01. The van der Waals surface area contributed by atoms with Crippen LogP contribution in [0.2, 0.25) is 0 Å². The molecule has 54 heavy (non-hydrogen) atoms. The molecule has 1 saturated heterocycles. The van der Waals surface area contributed by atoms with Gasteiger partial charge in [-0.1, -0.05) is 54.6 Å². The number of amides is 3. The number of aromatic nitrogens is 4. The molecule has 278 valence electrons. The van der Waals surface area contributed by atoms with E-state index in [4.69, 9.17) is 9.47 Å². The van der Waals surface area contributed by atoms with Crippen molar-refractivity contribution >= 4 is 23.5 Å². The largest absolute Gasteiger partial charge is 0.453 e. The molecule has 1 aliphatic carbocycles. The highest BCUT2D eigenvalue weighted by molar-refractivity contribution is 6.02. The molecule has 4 N–H and O–H groups in total. The summed E-state index contributed by atoms with van der Waals surface area (Å²) in [5.74, 6) is 0.449. The topological polar surface area (TPSA) is 154 Å². The molecule has 5 aromatic rings. The predicted octanol–water partition coefficient (Wildman–Crippen LogP) is 6.81. The molecule has 4 heterocycles. The highest BCUT2D eigenvalue weighted by Crippen LogP contribution is 2.36. The summed E-state index contributed by atoms with van der Waals surface area (Å²) in [7, 11) is 2.77. The highest BCUT2D eigenvalue weighted by Gasteiger charge is 2.38. The van der Waals surface area contributed by atoms with Crippen molar-refractivity contribution in [2.24, 2.45) is 0 Å². The van der Waals surface area contributed by atoms with Crippen LogP contribution in [0.15, 0.2) is 97.0 Å². The fraction of sp³-hybridized carbons (Fsp3) is 0.310. The van der Waals surface area contributed by atoms with Crippen molar-refractivity contribution in [2.75, 3.05) is 20.8 Å².